The summed E-state index contributed by atoms with van der Waals surface area (Å²) in [6, 6.07) is 4.97. The highest BCUT2D eigenvalue weighted by atomic mass is 16.5. The lowest BCUT2D eigenvalue weighted by Gasteiger charge is -2.28. The molecular formula is C21H24O8. The third-order valence-electron chi connectivity index (χ3n) is 4.87. The fourth-order valence-electron chi connectivity index (χ4n) is 3.46. The van der Waals surface area contributed by atoms with Gasteiger partial charge in [0, 0.05) is 11.6 Å². The van der Waals surface area contributed by atoms with Crippen molar-refractivity contribution >= 4 is 5.78 Å². The van der Waals surface area contributed by atoms with Crippen LogP contribution in [0.25, 0.3) is 0 Å². The number of ketones is 1. The second-order valence-corrected chi connectivity index (χ2v) is 6.20. The minimum absolute atomic E-state index is 0.121. The SMILES string of the molecule is COc1cc2c(cc1OC)C(=O)[C@@H](c1cc(OC)c(OC)c(OC)c1OC)CO2. The zero-order chi connectivity index (χ0) is 21.1. The normalized spacial score (nSPS) is 15.1. The van der Waals surface area contributed by atoms with Crippen LogP contribution in [0.5, 0.6) is 40.2 Å². The largest absolute Gasteiger partial charge is 0.493 e. The predicted octanol–water partition coefficient (Wildman–Crippen LogP) is 3.10. The van der Waals surface area contributed by atoms with E-state index in [-0.39, 0.29) is 12.4 Å². The smallest absolute Gasteiger partial charge is 0.207 e. The van der Waals surface area contributed by atoms with Crippen molar-refractivity contribution in [3.05, 3.63) is 29.3 Å². The van der Waals surface area contributed by atoms with Gasteiger partial charge in [0.05, 0.1) is 54.1 Å². The van der Waals surface area contributed by atoms with E-state index < -0.39 is 5.92 Å². The minimum Gasteiger partial charge on any atom is -0.493 e. The number of carbonyl (C=O) groups is 1. The van der Waals surface area contributed by atoms with E-state index >= 15 is 0 Å². The van der Waals surface area contributed by atoms with Gasteiger partial charge in [-0.15, -0.1) is 0 Å². The molecule has 0 N–H and O–H groups in total. The first-order valence-corrected chi connectivity index (χ1v) is 8.84. The molecule has 1 heterocycles. The average molecular weight is 404 g/mol. The van der Waals surface area contributed by atoms with Gasteiger partial charge in [-0.05, 0) is 12.1 Å². The number of ether oxygens (including phenoxy) is 7. The number of benzene rings is 2. The Balaban J connectivity index is 2.14. The van der Waals surface area contributed by atoms with Crippen LogP contribution in [-0.4, -0.2) is 55.0 Å². The Bertz CT molecular complexity index is 922. The molecule has 156 valence electrons. The van der Waals surface area contributed by atoms with E-state index in [9.17, 15) is 4.79 Å². The van der Waals surface area contributed by atoms with Gasteiger partial charge < -0.3 is 33.2 Å². The summed E-state index contributed by atoms with van der Waals surface area (Å²) < 4.78 is 38.4. The van der Waals surface area contributed by atoms with Gasteiger partial charge in [-0.1, -0.05) is 0 Å². The Labute approximate surface area is 169 Å². The van der Waals surface area contributed by atoms with Crippen LogP contribution in [-0.2, 0) is 0 Å². The van der Waals surface area contributed by atoms with Gasteiger partial charge >= 0.3 is 0 Å². The monoisotopic (exact) mass is 404 g/mol. The number of hydrogen-bond acceptors (Lipinski definition) is 8. The second kappa shape index (κ2) is 8.38. The summed E-state index contributed by atoms with van der Waals surface area (Å²) in [4.78, 5) is 13.4. The minimum atomic E-state index is -0.635. The predicted molar refractivity (Wildman–Crippen MR) is 105 cm³/mol. The van der Waals surface area contributed by atoms with Crippen molar-refractivity contribution in [1.29, 1.82) is 0 Å². The summed E-state index contributed by atoms with van der Waals surface area (Å²) >= 11 is 0. The molecule has 0 aromatic heterocycles. The van der Waals surface area contributed by atoms with Crippen LogP contribution in [0.3, 0.4) is 0 Å². The average Bonchev–Trinajstić information content (AvgIpc) is 2.76. The fraction of sp³-hybridized carbons (Fsp3) is 0.381. The van der Waals surface area contributed by atoms with E-state index in [0.29, 0.717) is 51.4 Å². The Kier molecular flexibility index (Phi) is 5.91. The molecule has 2 aromatic carbocycles. The van der Waals surface area contributed by atoms with E-state index in [1.54, 1.807) is 18.2 Å². The van der Waals surface area contributed by atoms with Crippen LogP contribution in [0.4, 0.5) is 0 Å². The van der Waals surface area contributed by atoms with E-state index in [1.165, 1.54) is 42.7 Å². The summed E-state index contributed by atoms with van der Waals surface area (Å²) in [5.74, 6) is 2.13. The molecule has 0 fully saturated rings. The Morgan fingerprint density at radius 3 is 1.86 bits per heavy atom. The Hall–Kier alpha value is -3.29. The summed E-state index contributed by atoms with van der Waals surface area (Å²) in [7, 11) is 9.05. The molecule has 0 radical (unpaired) electrons. The van der Waals surface area contributed by atoms with Gasteiger partial charge in [0.2, 0.25) is 11.5 Å². The zero-order valence-corrected chi connectivity index (χ0v) is 17.3. The first kappa shape index (κ1) is 20.4. The molecule has 8 heteroatoms. The Morgan fingerprint density at radius 2 is 1.31 bits per heavy atom. The summed E-state index contributed by atoms with van der Waals surface area (Å²) in [5.41, 5.74) is 0.974. The molecule has 0 spiro atoms. The molecule has 1 aliphatic heterocycles. The second-order valence-electron chi connectivity index (χ2n) is 6.20. The molecule has 3 rings (SSSR count). The van der Waals surface area contributed by atoms with Gasteiger partial charge in [-0.25, -0.2) is 0 Å². The van der Waals surface area contributed by atoms with Crippen LogP contribution in [0, 0.1) is 0 Å². The maximum Gasteiger partial charge on any atom is 0.207 e. The zero-order valence-electron chi connectivity index (χ0n) is 17.3. The lowest BCUT2D eigenvalue weighted by Crippen LogP contribution is -2.26. The molecule has 0 saturated heterocycles. The van der Waals surface area contributed by atoms with Gasteiger partial charge in [0.15, 0.2) is 28.8 Å². The molecule has 0 unspecified atom stereocenters. The van der Waals surface area contributed by atoms with Crippen molar-refractivity contribution in [1.82, 2.24) is 0 Å². The molecule has 8 nitrogen and oxygen atoms in total. The lowest BCUT2D eigenvalue weighted by atomic mass is 9.87. The number of Topliss-reactive ketones (excluding diaryl/α,β-unsaturated/α-hetero) is 1. The highest BCUT2D eigenvalue weighted by Gasteiger charge is 2.36. The highest BCUT2D eigenvalue weighted by molar-refractivity contribution is 6.05. The molecule has 0 aliphatic carbocycles. The first-order valence-electron chi connectivity index (χ1n) is 8.84. The number of fused-ring (bicyclic) bond motifs is 1. The van der Waals surface area contributed by atoms with Gasteiger partial charge in [-0.3, -0.25) is 4.79 Å². The third kappa shape index (κ3) is 3.35. The van der Waals surface area contributed by atoms with Crippen LogP contribution < -0.4 is 33.2 Å². The van der Waals surface area contributed by atoms with Crippen molar-refractivity contribution in [2.24, 2.45) is 0 Å². The fourth-order valence-corrected chi connectivity index (χ4v) is 3.46. The molecule has 0 bridgehead atoms. The standard InChI is InChI=1S/C21H24O8/c1-23-15-8-12-14(9-16(15)24-2)29-10-13(18(12)22)11-7-17(25-3)20(27-5)21(28-6)19(11)26-4/h7-9,13H,10H2,1-6H3/t13-/m1/s1. The van der Waals surface area contributed by atoms with E-state index in [1.807, 2.05) is 0 Å². The van der Waals surface area contributed by atoms with Crippen molar-refractivity contribution in [2.45, 2.75) is 5.92 Å². The first-order chi connectivity index (χ1) is 14.0. The van der Waals surface area contributed by atoms with Crippen molar-refractivity contribution in [3.8, 4) is 40.2 Å². The number of carbonyl (C=O) groups excluding carboxylic acids is 1. The van der Waals surface area contributed by atoms with Crippen molar-refractivity contribution in [3.63, 3.8) is 0 Å². The molecule has 29 heavy (non-hydrogen) atoms. The maximum atomic E-state index is 13.4. The van der Waals surface area contributed by atoms with E-state index in [2.05, 4.69) is 0 Å². The molecule has 0 saturated carbocycles. The van der Waals surface area contributed by atoms with Gasteiger partial charge in [0.1, 0.15) is 12.4 Å². The maximum absolute atomic E-state index is 13.4. The highest BCUT2D eigenvalue weighted by Crippen LogP contribution is 2.50. The molecule has 0 amide bonds. The van der Waals surface area contributed by atoms with E-state index in [0.717, 1.165) is 0 Å². The lowest BCUT2D eigenvalue weighted by molar-refractivity contribution is 0.0892. The van der Waals surface area contributed by atoms with Crippen LogP contribution in [0.15, 0.2) is 18.2 Å². The molecule has 1 atom stereocenters. The molecular weight excluding hydrogens is 380 g/mol. The molecule has 2 aromatic rings. The number of rotatable bonds is 7. The number of methoxy groups -OCH3 is 6. The summed E-state index contributed by atoms with van der Waals surface area (Å²) in [5, 5.41) is 0. The third-order valence-corrected chi connectivity index (χ3v) is 4.87. The van der Waals surface area contributed by atoms with Crippen LogP contribution >= 0.6 is 0 Å². The van der Waals surface area contributed by atoms with Gasteiger partial charge in [-0.2, -0.15) is 0 Å². The van der Waals surface area contributed by atoms with Crippen molar-refractivity contribution < 1.29 is 38.0 Å². The molecule has 1 aliphatic rings. The van der Waals surface area contributed by atoms with Crippen molar-refractivity contribution in [2.75, 3.05) is 49.3 Å². The topological polar surface area (TPSA) is 81.7 Å². The van der Waals surface area contributed by atoms with Gasteiger partial charge in [0.25, 0.3) is 0 Å². The van der Waals surface area contributed by atoms with E-state index in [4.69, 9.17) is 33.2 Å². The van der Waals surface area contributed by atoms with Crippen LogP contribution in [0.1, 0.15) is 21.8 Å². The summed E-state index contributed by atoms with van der Waals surface area (Å²) in [6.07, 6.45) is 0. The Morgan fingerprint density at radius 1 is 0.724 bits per heavy atom. The number of hydrogen-bond donors (Lipinski definition) is 0. The van der Waals surface area contributed by atoms with Crippen LogP contribution in [0.2, 0.25) is 0 Å². The summed E-state index contributed by atoms with van der Waals surface area (Å²) in [6.45, 7) is 0.121. The quantitative estimate of drug-likeness (QED) is 0.696.